The molecule has 0 amide bonds. The molecule has 1 aromatic carbocycles. The molecule has 0 saturated carbocycles. The van der Waals surface area contributed by atoms with E-state index >= 15 is 0 Å². The molecule has 1 aromatic rings. The molecule has 3 nitrogen and oxygen atoms in total. The first kappa shape index (κ1) is 12.9. The highest BCUT2D eigenvalue weighted by Gasteiger charge is 2.17. The van der Waals surface area contributed by atoms with Gasteiger partial charge in [0.15, 0.2) is 0 Å². The molecule has 0 aromatic heterocycles. The predicted molar refractivity (Wildman–Crippen MR) is 71.2 cm³/mol. The van der Waals surface area contributed by atoms with Crippen LogP contribution < -0.4 is 10.5 Å². The molecule has 4 heteroatoms. The smallest absolute Gasteiger partial charge is 0.124 e. The van der Waals surface area contributed by atoms with Crippen LogP contribution in [0.4, 0.5) is 0 Å². The first-order valence-corrected chi connectivity index (χ1v) is 6.75. The van der Waals surface area contributed by atoms with Crippen LogP contribution in [0.2, 0.25) is 0 Å². The third-order valence-corrected chi connectivity index (χ3v) is 3.40. The van der Waals surface area contributed by atoms with E-state index < -0.39 is 0 Å². The van der Waals surface area contributed by atoms with Gasteiger partial charge in [-0.05, 0) is 38.0 Å². The van der Waals surface area contributed by atoms with E-state index in [0.29, 0.717) is 6.61 Å². The van der Waals surface area contributed by atoms with Crippen molar-refractivity contribution in [3.05, 3.63) is 28.2 Å². The summed E-state index contributed by atoms with van der Waals surface area (Å²) in [7, 11) is 0. The summed E-state index contributed by atoms with van der Waals surface area (Å²) in [5.74, 6) is 0.860. The standard InChI is InChI=1S/C13H18BrNO2/c1-9(15)12-7-10(14)4-5-13(12)17-8-11-3-2-6-16-11/h4-5,7,9,11H,2-3,6,8,15H2,1H3/t9-,11?/m0/s1. The second-order valence-corrected chi connectivity index (χ2v) is 5.33. The van der Waals surface area contributed by atoms with Gasteiger partial charge in [-0.25, -0.2) is 0 Å². The fraction of sp³-hybridized carbons (Fsp3) is 0.538. The van der Waals surface area contributed by atoms with Gasteiger partial charge in [0.2, 0.25) is 0 Å². The average molecular weight is 300 g/mol. The molecule has 1 aliphatic rings. The Morgan fingerprint density at radius 2 is 2.41 bits per heavy atom. The minimum absolute atomic E-state index is 0.0352. The minimum Gasteiger partial charge on any atom is -0.491 e. The molecule has 0 radical (unpaired) electrons. The van der Waals surface area contributed by atoms with Crippen molar-refractivity contribution in [2.45, 2.75) is 31.9 Å². The fourth-order valence-electron chi connectivity index (χ4n) is 1.97. The van der Waals surface area contributed by atoms with Gasteiger partial charge in [-0.3, -0.25) is 0 Å². The number of hydrogen-bond donors (Lipinski definition) is 1. The van der Waals surface area contributed by atoms with E-state index in [1.54, 1.807) is 0 Å². The molecule has 2 rings (SSSR count). The van der Waals surface area contributed by atoms with Crippen molar-refractivity contribution in [2.75, 3.05) is 13.2 Å². The number of benzene rings is 1. The molecule has 1 aliphatic heterocycles. The van der Waals surface area contributed by atoms with Crippen molar-refractivity contribution in [1.82, 2.24) is 0 Å². The number of hydrogen-bond acceptors (Lipinski definition) is 3. The van der Waals surface area contributed by atoms with Crippen LogP contribution in [0.25, 0.3) is 0 Å². The Morgan fingerprint density at radius 3 is 3.06 bits per heavy atom. The van der Waals surface area contributed by atoms with E-state index in [9.17, 15) is 0 Å². The first-order chi connectivity index (χ1) is 8.16. The fourth-order valence-corrected chi connectivity index (χ4v) is 2.34. The summed E-state index contributed by atoms with van der Waals surface area (Å²) in [5, 5.41) is 0. The third-order valence-electron chi connectivity index (χ3n) is 2.91. The van der Waals surface area contributed by atoms with Crippen LogP contribution in [0.1, 0.15) is 31.4 Å². The molecule has 0 bridgehead atoms. The summed E-state index contributed by atoms with van der Waals surface area (Å²) < 4.78 is 12.4. The number of nitrogens with two attached hydrogens (primary N) is 1. The molecule has 94 valence electrons. The van der Waals surface area contributed by atoms with Crippen molar-refractivity contribution in [1.29, 1.82) is 0 Å². The van der Waals surface area contributed by atoms with Gasteiger partial charge in [-0.1, -0.05) is 15.9 Å². The summed E-state index contributed by atoms with van der Waals surface area (Å²) in [5.41, 5.74) is 6.96. The van der Waals surface area contributed by atoms with E-state index in [1.807, 2.05) is 25.1 Å². The molecule has 2 atom stereocenters. The van der Waals surface area contributed by atoms with Gasteiger partial charge < -0.3 is 15.2 Å². The SMILES string of the molecule is C[C@H](N)c1cc(Br)ccc1OCC1CCCO1. The van der Waals surface area contributed by atoms with Crippen molar-refractivity contribution in [3.8, 4) is 5.75 Å². The molecule has 1 saturated heterocycles. The zero-order valence-electron chi connectivity index (χ0n) is 9.99. The molecule has 0 spiro atoms. The molecule has 0 aliphatic carbocycles. The van der Waals surface area contributed by atoms with Gasteiger partial charge in [0, 0.05) is 22.7 Å². The molecule has 1 unspecified atom stereocenters. The highest BCUT2D eigenvalue weighted by atomic mass is 79.9. The van der Waals surface area contributed by atoms with E-state index in [4.69, 9.17) is 15.2 Å². The van der Waals surface area contributed by atoms with Crippen molar-refractivity contribution in [3.63, 3.8) is 0 Å². The first-order valence-electron chi connectivity index (χ1n) is 5.96. The minimum atomic E-state index is -0.0352. The van der Waals surface area contributed by atoms with Gasteiger partial charge in [-0.15, -0.1) is 0 Å². The topological polar surface area (TPSA) is 44.5 Å². The highest BCUT2D eigenvalue weighted by Crippen LogP contribution is 2.28. The summed E-state index contributed by atoms with van der Waals surface area (Å²) in [6, 6.07) is 5.90. The van der Waals surface area contributed by atoms with Crippen LogP contribution in [-0.4, -0.2) is 19.3 Å². The third kappa shape index (κ3) is 3.44. The van der Waals surface area contributed by atoms with Crippen LogP contribution in [0, 0.1) is 0 Å². The van der Waals surface area contributed by atoms with Gasteiger partial charge in [0.1, 0.15) is 12.4 Å². The summed E-state index contributed by atoms with van der Waals surface area (Å²) in [6.45, 7) is 3.43. The summed E-state index contributed by atoms with van der Waals surface area (Å²) in [6.07, 6.45) is 2.46. The molecule has 1 heterocycles. The Balaban J connectivity index is 2.03. The summed E-state index contributed by atoms with van der Waals surface area (Å²) >= 11 is 3.45. The van der Waals surface area contributed by atoms with Crippen molar-refractivity contribution >= 4 is 15.9 Å². The average Bonchev–Trinajstić information content (AvgIpc) is 2.80. The summed E-state index contributed by atoms with van der Waals surface area (Å²) in [4.78, 5) is 0. The normalized spacial score (nSPS) is 21.5. The van der Waals surface area contributed by atoms with Crippen LogP contribution in [-0.2, 0) is 4.74 Å². The van der Waals surface area contributed by atoms with Gasteiger partial charge in [0.05, 0.1) is 6.10 Å². The highest BCUT2D eigenvalue weighted by molar-refractivity contribution is 9.10. The lowest BCUT2D eigenvalue weighted by atomic mass is 10.1. The lowest BCUT2D eigenvalue weighted by Gasteiger charge is -2.16. The lowest BCUT2D eigenvalue weighted by Crippen LogP contribution is -2.17. The van der Waals surface area contributed by atoms with Crippen LogP contribution in [0.5, 0.6) is 5.75 Å². The number of ether oxygens (including phenoxy) is 2. The van der Waals surface area contributed by atoms with Crippen molar-refractivity contribution in [2.24, 2.45) is 5.73 Å². The molecular weight excluding hydrogens is 282 g/mol. The van der Waals surface area contributed by atoms with Crippen molar-refractivity contribution < 1.29 is 9.47 Å². The quantitative estimate of drug-likeness (QED) is 0.929. The maximum atomic E-state index is 5.94. The Kier molecular flexibility index (Phi) is 4.42. The van der Waals surface area contributed by atoms with Gasteiger partial charge in [-0.2, -0.15) is 0 Å². The second-order valence-electron chi connectivity index (χ2n) is 4.42. The number of rotatable bonds is 4. The predicted octanol–water partition coefficient (Wildman–Crippen LogP) is 3.03. The number of halogens is 1. The second kappa shape index (κ2) is 5.85. The molecule has 1 fully saturated rings. The van der Waals surface area contributed by atoms with E-state index in [2.05, 4.69) is 15.9 Å². The maximum absolute atomic E-state index is 5.94. The van der Waals surface area contributed by atoms with Gasteiger partial charge in [0.25, 0.3) is 0 Å². The zero-order valence-corrected chi connectivity index (χ0v) is 11.6. The Bertz CT molecular complexity index is 376. The Labute approximate surface area is 110 Å². The van der Waals surface area contributed by atoms with Crippen LogP contribution in [0.15, 0.2) is 22.7 Å². The molecule has 17 heavy (non-hydrogen) atoms. The monoisotopic (exact) mass is 299 g/mol. The van der Waals surface area contributed by atoms with E-state index in [1.165, 1.54) is 0 Å². The Morgan fingerprint density at radius 1 is 1.59 bits per heavy atom. The van der Waals surface area contributed by atoms with Crippen LogP contribution in [0.3, 0.4) is 0 Å². The van der Waals surface area contributed by atoms with E-state index in [-0.39, 0.29) is 12.1 Å². The lowest BCUT2D eigenvalue weighted by molar-refractivity contribution is 0.0675. The largest absolute Gasteiger partial charge is 0.491 e. The maximum Gasteiger partial charge on any atom is 0.124 e. The zero-order chi connectivity index (χ0) is 12.3. The van der Waals surface area contributed by atoms with E-state index in [0.717, 1.165) is 35.2 Å². The Hall–Kier alpha value is -0.580. The van der Waals surface area contributed by atoms with Gasteiger partial charge >= 0.3 is 0 Å². The molecular formula is C13H18BrNO2. The molecule has 2 N–H and O–H groups in total. The van der Waals surface area contributed by atoms with Crippen LogP contribution >= 0.6 is 15.9 Å².